The molecule has 0 saturated heterocycles. The Morgan fingerprint density at radius 1 is 0.632 bits per heavy atom. The van der Waals surface area contributed by atoms with Crippen molar-refractivity contribution in [2.75, 3.05) is 0 Å². The summed E-state index contributed by atoms with van der Waals surface area (Å²) in [5.41, 5.74) is 4.98. The first-order valence-corrected chi connectivity index (χ1v) is 12.8. The number of benzene rings is 2. The molecule has 0 amide bonds. The van der Waals surface area contributed by atoms with E-state index in [0.29, 0.717) is 35.3 Å². The van der Waals surface area contributed by atoms with Gasteiger partial charge in [0.05, 0.1) is 11.1 Å². The van der Waals surface area contributed by atoms with Crippen LogP contribution in [0.2, 0.25) is 0 Å². The number of hydrogen-bond acceptors (Lipinski definition) is 4. The highest BCUT2D eigenvalue weighted by molar-refractivity contribution is 6.33. The van der Waals surface area contributed by atoms with Crippen molar-refractivity contribution in [3.05, 3.63) is 94.7 Å². The molecule has 188 valence electrons. The molecule has 0 N–H and O–H groups in total. The first-order chi connectivity index (χ1) is 18.5. The first kappa shape index (κ1) is 22.5. The van der Waals surface area contributed by atoms with Crippen LogP contribution in [0.4, 0.5) is 0 Å². The van der Waals surface area contributed by atoms with Crippen LogP contribution < -0.4 is 9.36 Å². The summed E-state index contributed by atoms with van der Waals surface area (Å²) >= 11 is 0. The normalized spacial score (nSPS) is 13.1. The van der Waals surface area contributed by atoms with Gasteiger partial charge in [0.2, 0.25) is 23.0 Å². The second-order valence-corrected chi connectivity index (χ2v) is 9.53. The van der Waals surface area contributed by atoms with Gasteiger partial charge in [-0.05, 0) is 38.1 Å². The highest BCUT2D eigenvalue weighted by Gasteiger charge is 2.46. The van der Waals surface area contributed by atoms with Crippen molar-refractivity contribution in [2.24, 2.45) is 0 Å². The summed E-state index contributed by atoms with van der Waals surface area (Å²) in [7, 11) is 0. The molecular formula is C30H26N4O4+2. The minimum Gasteiger partial charge on any atom is -0.430 e. The summed E-state index contributed by atoms with van der Waals surface area (Å²) in [4.78, 5) is 28.1. The van der Waals surface area contributed by atoms with Gasteiger partial charge in [-0.25, -0.2) is 0 Å². The number of nitrogens with zero attached hydrogens (tertiary/aromatic N) is 4. The van der Waals surface area contributed by atoms with Crippen molar-refractivity contribution in [3.63, 3.8) is 0 Å². The van der Waals surface area contributed by atoms with Crippen LogP contribution in [0.25, 0.3) is 33.6 Å². The number of ketones is 2. The van der Waals surface area contributed by atoms with E-state index in [4.69, 9.17) is 8.83 Å². The molecule has 0 bridgehead atoms. The molecule has 4 aromatic heterocycles. The lowest BCUT2D eigenvalue weighted by molar-refractivity contribution is -0.767. The predicted molar refractivity (Wildman–Crippen MR) is 139 cm³/mol. The second kappa shape index (κ2) is 7.89. The molecule has 0 saturated carbocycles. The van der Waals surface area contributed by atoms with E-state index in [2.05, 4.69) is 0 Å². The zero-order chi connectivity index (χ0) is 26.3. The van der Waals surface area contributed by atoms with Crippen LogP contribution in [0.15, 0.2) is 69.5 Å². The van der Waals surface area contributed by atoms with Crippen molar-refractivity contribution in [1.29, 1.82) is 0 Å². The highest BCUT2D eigenvalue weighted by atomic mass is 16.4. The third-order valence-electron chi connectivity index (χ3n) is 7.61. The molecule has 2 aromatic carbocycles. The quantitative estimate of drug-likeness (QED) is 0.322. The van der Waals surface area contributed by atoms with Crippen molar-refractivity contribution in [1.82, 2.24) is 9.36 Å². The van der Waals surface area contributed by atoms with Crippen LogP contribution in [-0.4, -0.2) is 20.9 Å². The monoisotopic (exact) mass is 506 g/mol. The maximum atomic E-state index is 14.1. The van der Waals surface area contributed by atoms with E-state index in [1.54, 1.807) is 0 Å². The van der Waals surface area contributed by atoms with Crippen LogP contribution in [-0.2, 0) is 13.1 Å². The molecule has 8 heteroatoms. The number of aryl methyl sites for hydroxylation is 2. The maximum absolute atomic E-state index is 14.1. The fraction of sp³-hybridized carbons (Fsp3) is 0.200. The maximum Gasteiger partial charge on any atom is 0.272 e. The van der Waals surface area contributed by atoms with Gasteiger partial charge in [-0.15, -0.1) is 9.36 Å². The SMILES string of the molecule is CC[n+]1c(C)c2c3c(oc2n1-c1ccccc1)C(=O)c1c(oc2c1c(C)[n+](CC)n2-c1ccccc1)C3=O. The molecule has 4 heterocycles. The van der Waals surface area contributed by atoms with Crippen LogP contribution in [0.5, 0.6) is 0 Å². The topological polar surface area (TPSA) is 78.0 Å². The Morgan fingerprint density at radius 3 is 1.34 bits per heavy atom. The van der Waals surface area contributed by atoms with Crippen LogP contribution in [0, 0.1) is 13.8 Å². The van der Waals surface area contributed by atoms with E-state index < -0.39 is 0 Å². The Labute approximate surface area is 217 Å². The minimum absolute atomic E-state index is 0.0705. The van der Waals surface area contributed by atoms with Crippen LogP contribution in [0.1, 0.15) is 57.5 Å². The van der Waals surface area contributed by atoms with Crippen LogP contribution >= 0.6 is 0 Å². The van der Waals surface area contributed by atoms with Crippen molar-refractivity contribution in [3.8, 4) is 11.4 Å². The number of rotatable bonds is 4. The van der Waals surface area contributed by atoms with Gasteiger partial charge < -0.3 is 8.83 Å². The highest BCUT2D eigenvalue weighted by Crippen LogP contribution is 2.41. The summed E-state index contributed by atoms with van der Waals surface area (Å²) in [6, 6.07) is 19.6. The van der Waals surface area contributed by atoms with Crippen molar-refractivity contribution < 1.29 is 27.8 Å². The fourth-order valence-corrected chi connectivity index (χ4v) is 5.97. The number of hydrogen-bond donors (Lipinski definition) is 0. The lowest BCUT2D eigenvalue weighted by Gasteiger charge is -2.08. The third-order valence-corrected chi connectivity index (χ3v) is 7.61. The lowest BCUT2D eigenvalue weighted by Crippen LogP contribution is -2.43. The Balaban J connectivity index is 1.53. The standard InChI is InChI=1S/C30H26N4O4/c1-5-31-17(3)21-23-25(35)28-24(26(36)27(23)37-29(21)33(31)19-13-9-7-10-14-19)22-18(4)32(6-2)34(30(22)38-28)20-15-11-8-12-16-20/h7-16H,5-6H2,1-4H3/q+2. The number of carbonyl (C=O) groups is 2. The molecule has 6 aromatic rings. The van der Waals surface area contributed by atoms with Crippen LogP contribution in [0.3, 0.4) is 0 Å². The molecule has 38 heavy (non-hydrogen) atoms. The molecule has 0 fully saturated rings. The predicted octanol–water partition coefficient (Wildman–Crippen LogP) is 4.77. The molecule has 1 aliphatic rings. The van der Waals surface area contributed by atoms with E-state index in [9.17, 15) is 9.59 Å². The zero-order valence-corrected chi connectivity index (χ0v) is 21.6. The molecule has 8 nitrogen and oxygen atoms in total. The van der Waals surface area contributed by atoms with E-state index in [1.807, 2.05) is 107 Å². The van der Waals surface area contributed by atoms with Gasteiger partial charge in [-0.1, -0.05) is 45.8 Å². The van der Waals surface area contributed by atoms with Crippen molar-refractivity contribution in [2.45, 2.75) is 40.8 Å². The Hall–Kier alpha value is -4.72. The van der Waals surface area contributed by atoms with Gasteiger partial charge in [0.25, 0.3) is 11.4 Å². The molecule has 0 radical (unpaired) electrons. The first-order valence-electron chi connectivity index (χ1n) is 12.8. The summed E-state index contributed by atoms with van der Waals surface area (Å²) in [6.45, 7) is 9.30. The Morgan fingerprint density at radius 2 is 1.00 bits per heavy atom. The Kier molecular flexibility index (Phi) is 4.67. The second-order valence-electron chi connectivity index (χ2n) is 9.53. The smallest absolute Gasteiger partial charge is 0.272 e. The molecule has 0 unspecified atom stereocenters. The molecular weight excluding hydrogens is 480 g/mol. The molecule has 0 aliphatic heterocycles. The number of fused-ring (bicyclic) bond motifs is 6. The van der Waals surface area contributed by atoms with Gasteiger partial charge in [0, 0.05) is 13.8 Å². The number of aromatic nitrogens is 4. The van der Waals surface area contributed by atoms with E-state index in [0.717, 1.165) is 22.8 Å². The van der Waals surface area contributed by atoms with Crippen molar-refractivity contribution >= 4 is 33.8 Å². The summed E-state index contributed by atoms with van der Waals surface area (Å²) in [5.74, 6) is -0.520. The average molecular weight is 507 g/mol. The Bertz CT molecular complexity index is 1790. The summed E-state index contributed by atoms with van der Waals surface area (Å²) < 4.78 is 20.6. The van der Waals surface area contributed by atoms with Gasteiger partial charge >= 0.3 is 0 Å². The third kappa shape index (κ3) is 2.69. The minimum atomic E-state index is -0.330. The molecule has 0 atom stereocenters. The van der Waals surface area contributed by atoms with Gasteiger partial charge in [-0.2, -0.15) is 0 Å². The number of carbonyl (C=O) groups excluding carboxylic acids is 2. The van der Waals surface area contributed by atoms with E-state index >= 15 is 0 Å². The van der Waals surface area contributed by atoms with Gasteiger partial charge in [0.1, 0.15) is 22.1 Å². The fourth-order valence-electron chi connectivity index (χ4n) is 5.97. The van der Waals surface area contributed by atoms with E-state index in [1.165, 1.54) is 0 Å². The van der Waals surface area contributed by atoms with E-state index in [-0.39, 0.29) is 34.2 Å². The number of para-hydroxylation sites is 2. The largest absolute Gasteiger partial charge is 0.430 e. The zero-order valence-electron chi connectivity index (χ0n) is 21.6. The average Bonchev–Trinajstić information content (AvgIpc) is 3.66. The molecule has 0 spiro atoms. The van der Waals surface area contributed by atoms with Gasteiger partial charge in [0.15, 0.2) is 24.6 Å². The lowest BCUT2D eigenvalue weighted by atomic mass is 9.91. The summed E-state index contributed by atoms with van der Waals surface area (Å²) in [6.07, 6.45) is 0. The van der Waals surface area contributed by atoms with Gasteiger partial charge in [-0.3, -0.25) is 9.59 Å². The molecule has 7 rings (SSSR count). The summed E-state index contributed by atoms with van der Waals surface area (Å²) in [5, 5.41) is 1.28. The molecule has 1 aliphatic carbocycles. The number of furan rings is 2.